The maximum absolute atomic E-state index is 13.7. The van der Waals surface area contributed by atoms with E-state index in [1.54, 1.807) is 44.4 Å². The van der Waals surface area contributed by atoms with Crippen molar-refractivity contribution in [2.24, 2.45) is 14.1 Å². The zero-order chi connectivity index (χ0) is 32.4. The summed E-state index contributed by atoms with van der Waals surface area (Å²) in [6.07, 6.45) is 0.842. The number of rotatable bonds is 18. The number of aromatic nitrogens is 2. The minimum Gasteiger partial charge on any atom is -0.493 e. The first-order chi connectivity index (χ1) is 21.7. The second kappa shape index (κ2) is 16.0. The Bertz CT molecular complexity index is 1760. The van der Waals surface area contributed by atoms with E-state index < -0.39 is 10.0 Å². The van der Waals surface area contributed by atoms with Gasteiger partial charge in [-0.25, -0.2) is 13.2 Å². The van der Waals surface area contributed by atoms with E-state index in [9.17, 15) is 13.2 Å². The van der Waals surface area contributed by atoms with Crippen LogP contribution in [-0.2, 0) is 33.6 Å². The van der Waals surface area contributed by atoms with E-state index in [0.29, 0.717) is 54.7 Å². The fraction of sp³-hybridized carbons (Fsp3) is 0.387. The molecule has 1 N–H and O–H groups in total. The Morgan fingerprint density at radius 1 is 0.778 bits per heavy atom. The molecule has 0 spiro atoms. The molecule has 0 aliphatic rings. The molecule has 0 saturated carbocycles. The Balaban J connectivity index is 1.61. The van der Waals surface area contributed by atoms with Crippen molar-refractivity contribution in [1.82, 2.24) is 9.13 Å². The van der Waals surface area contributed by atoms with Crippen LogP contribution in [0.15, 0.2) is 64.3 Å². The largest absolute Gasteiger partial charge is 0.493 e. The van der Waals surface area contributed by atoms with Crippen LogP contribution in [0.4, 0.5) is 5.69 Å². The van der Waals surface area contributed by atoms with Gasteiger partial charge in [0.15, 0.2) is 17.2 Å². The third kappa shape index (κ3) is 8.72. The third-order valence-corrected chi connectivity index (χ3v) is 8.33. The second-order valence-electron chi connectivity index (χ2n) is 9.84. The van der Waals surface area contributed by atoms with Gasteiger partial charge in [0.25, 0.3) is 10.0 Å². The topological polar surface area (TPSA) is 128 Å². The summed E-state index contributed by atoms with van der Waals surface area (Å²) in [6, 6.07) is 14.6. The van der Waals surface area contributed by atoms with Crippen LogP contribution >= 0.6 is 15.9 Å². The summed E-state index contributed by atoms with van der Waals surface area (Å²) in [4.78, 5) is 12.6. The highest BCUT2D eigenvalue weighted by molar-refractivity contribution is 9.09. The molecule has 0 aliphatic heterocycles. The molecule has 0 amide bonds. The highest BCUT2D eigenvalue weighted by Gasteiger charge is 2.22. The number of sulfonamides is 1. The van der Waals surface area contributed by atoms with Crippen LogP contribution in [0.1, 0.15) is 13.3 Å². The first-order valence-electron chi connectivity index (χ1n) is 14.3. The smallest absolute Gasteiger partial charge is 0.328 e. The minimum atomic E-state index is -4.16. The Morgan fingerprint density at radius 3 is 2.18 bits per heavy atom. The number of anilines is 1. The number of nitrogens with one attached hydrogen (secondary N) is 1. The molecule has 0 bridgehead atoms. The summed E-state index contributed by atoms with van der Waals surface area (Å²) in [5.41, 5.74) is 0.954. The first kappa shape index (κ1) is 34.2. The molecule has 0 unspecified atom stereocenters. The summed E-state index contributed by atoms with van der Waals surface area (Å²) in [6.45, 7) is 4.46. The fourth-order valence-electron chi connectivity index (χ4n) is 4.39. The fourth-order valence-corrected chi connectivity index (χ4v) is 5.70. The average Bonchev–Trinajstić information content (AvgIpc) is 3.24. The third-order valence-electron chi connectivity index (χ3n) is 6.65. The van der Waals surface area contributed by atoms with Crippen molar-refractivity contribution in [1.29, 1.82) is 0 Å². The summed E-state index contributed by atoms with van der Waals surface area (Å²) in [5, 5.41) is 0.751. The van der Waals surface area contributed by atoms with Gasteiger partial charge in [-0.15, -0.1) is 0 Å². The van der Waals surface area contributed by atoms with Gasteiger partial charge in [-0.3, -0.25) is 13.9 Å². The number of methoxy groups -OCH3 is 1. The van der Waals surface area contributed by atoms with E-state index in [-0.39, 0.29) is 41.0 Å². The van der Waals surface area contributed by atoms with Crippen molar-refractivity contribution in [3.63, 3.8) is 0 Å². The Labute approximate surface area is 270 Å². The number of fused-ring (bicyclic) bond motifs is 1. The van der Waals surface area contributed by atoms with Crippen molar-refractivity contribution in [2.45, 2.75) is 18.2 Å². The van der Waals surface area contributed by atoms with Crippen LogP contribution in [0.25, 0.3) is 11.0 Å². The lowest BCUT2D eigenvalue weighted by Gasteiger charge is -2.16. The van der Waals surface area contributed by atoms with Crippen molar-refractivity contribution in [3.05, 3.63) is 65.1 Å². The van der Waals surface area contributed by atoms with Gasteiger partial charge in [-0.1, -0.05) is 28.9 Å². The SMILES string of the molecule is CCCOc1cccc(Oc2cc3c(cc2NS(=O)(=O)c2ccc(OC)c(OCCOCCOCCBr)c2)n(C)c(=O)n3C)c1. The number of benzene rings is 3. The monoisotopic (exact) mass is 707 g/mol. The summed E-state index contributed by atoms with van der Waals surface area (Å²) >= 11 is 3.29. The lowest BCUT2D eigenvalue weighted by atomic mass is 10.2. The van der Waals surface area contributed by atoms with Crippen LogP contribution in [0, 0.1) is 0 Å². The number of nitrogens with zero attached hydrogens (tertiary/aromatic N) is 2. The van der Waals surface area contributed by atoms with E-state index in [2.05, 4.69) is 20.7 Å². The van der Waals surface area contributed by atoms with E-state index in [1.807, 2.05) is 13.0 Å². The van der Waals surface area contributed by atoms with Crippen molar-refractivity contribution in [2.75, 3.05) is 56.8 Å². The molecule has 45 heavy (non-hydrogen) atoms. The van der Waals surface area contributed by atoms with Gasteiger partial charge in [0, 0.05) is 37.6 Å². The Hall–Kier alpha value is -3.72. The molecular weight excluding hydrogens is 670 g/mol. The molecule has 1 heterocycles. The van der Waals surface area contributed by atoms with Crippen molar-refractivity contribution >= 4 is 42.7 Å². The van der Waals surface area contributed by atoms with Gasteiger partial charge in [0.2, 0.25) is 0 Å². The molecule has 0 saturated heterocycles. The summed E-state index contributed by atoms with van der Waals surface area (Å²) in [5.74, 6) is 1.85. The Morgan fingerprint density at radius 2 is 1.47 bits per heavy atom. The molecule has 0 aliphatic carbocycles. The number of halogens is 1. The van der Waals surface area contributed by atoms with Crippen LogP contribution in [0.3, 0.4) is 0 Å². The van der Waals surface area contributed by atoms with E-state index >= 15 is 0 Å². The maximum Gasteiger partial charge on any atom is 0.328 e. The van der Waals surface area contributed by atoms with Crippen molar-refractivity contribution < 1.29 is 36.8 Å². The van der Waals surface area contributed by atoms with Gasteiger partial charge in [0.1, 0.15) is 18.1 Å². The van der Waals surface area contributed by atoms with Gasteiger partial charge in [-0.05, 0) is 36.8 Å². The van der Waals surface area contributed by atoms with E-state index in [4.69, 9.17) is 28.4 Å². The van der Waals surface area contributed by atoms with E-state index in [1.165, 1.54) is 34.4 Å². The predicted molar refractivity (Wildman–Crippen MR) is 175 cm³/mol. The van der Waals surface area contributed by atoms with Gasteiger partial charge < -0.3 is 28.4 Å². The second-order valence-corrected chi connectivity index (χ2v) is 12.3. The molecule has 3 aromatic carbocycles. The highest BCUT2D eigenvalue weighted by atomic mass is 79.9. The number of hydrogen-bond acceptors (Lipinski definition) is 9. The predicted octanol–water partition coefficient (Wildman–Crippen LogP) is 5.07. The molecule has 0 fully saturated rings. The average molecular weight is 709 g/mol. The molecule has 244 valence electrons. The molecule has 12 nitrogen and oxygen atoms in total. The standard InChI is InChI=1S/C31H38BrN3O9S/c1-5-12-42-22-7-6-8-23(18-22)44-29-21-27-26(34(2)31(36)35(27)3)20-25(29)33-45(37,38)24-9-10-28(39-4)30(19-24)43-17-16-41-15-14-40-13-11-32/h6-10,18-21,33H,5,11-17H2,1-4H3. The molecule has 14 heteroatoms. The highest BCUT2D eigenvalue weighted by Crippen LogP contribution is 2.37. The van der Waals surface area contributed by atoms with Crippen LogP contribution in [-0.4, -0.2) is 69.6 Å². The lowest BCUT2D eigenvalue weighted by molar-refractivity contribution is 0.0411. The minimum absolute atomic E-state index is 0.0645. The zero-order valence-corrected chi connectivity index (χ0v) is 28.1. The molecule has 0 atom stereocenters. The van der Waals surface area contributed by atoms with Crippen LogP contribution in [0.5, 0.6) is 28.7 Å². The number of hydrogen-bond donors (Lipinski definition) is 1. The lowest BCUT2D eigenvalue weighted by Crippen LogP contribution is -2.19. The maximum atomic E-state index is 13.7. The number of alkyl halides is 1. The molecule has 1 aromatic heterocycles. The number of ether oxygens (including phenoxy) is 6. The molecule has 4 aromatic rings. The number of aryl methyl sites for hydroxylation is 2. The first-order valence-corrected chi connectivity index (χ1v) is 16.9. The van der Waals surface area contributed by atoms with Crippen molar-refractivity contribution in [3.8, 4) is 28.7 Å². The summed E-state index contributed by atoms with van der Waals surface area (Å²) in [7, 11) is 0.560. The quantitative estimate of drug-likeness (QED) is 0.111. The molecular formula is C31H38BrN3O9S. The van der Waals surface area contributed by atoms with Gasteiger partial charge in [0.05, 0.1) is 61.8 Å². The zero-order valence-electron chi connectivity index (χ0n) is 25.7. The van der Waals surface area contributed by atoms with E-state index in [0.717, 1.165) is 11.8 Å². The number of imidazole rings is 1. The normalized spacial score (nSPS) is 11.5. The summed E-state index contributed by atoms with van der Waals surface area (Å²) < 4.78 is 66.9. The van der Waals surface area contributed by atoms with Crippen LogP contribution in [0.2, 0.25) is 0 Å². The Kier molecular flexibility index (Phi) is 12.2. The van der Waals surface area contributed by atoms with Crippen LogP contribution < -0.4 is 29.4 Å². The van der Waals surface area contributed by atoms with Gasteiger partial charge >= 0.3 is 5.69 Å². The van der Waals surface area contributed by atoms with Gasteiger partial charge in [-0.2, -0.15) is 0 Å². The molecule has 4 rings (SSSR count). The molecule has 0 radical (unpaired) electrons.